The Labute approximate surface area is 80.6 Å². The quantitative estimate of drug-likeness (QED) is 0.524. The number of piperidine rings is 1. The van der Waals surface area contributed by atoms with Crippen LogP contribution in [0.1, 0.15) is 26.7 Å². The van der Waals surface area contributed by atoms with Gasteiger partial charge in [-0.15, -0.1) is 0 Å². The number of nitrogens with zero attached hydrogens (tertiary/aromatic N) is 1. The second kappa shape index (κ2) is 4.61. The largest absolute Gasteiger partial charge is 0.381 e. The average molecular weight is 184 g/mol. The van der Waals surface area contributed by atoms with Crippen molar-refractivity contribution >= 4 is 5.84 Å². The Morgan fingerprint density at radius 2 is 1.92 bits per heavy atom. The van der Waals surface area contributed by atoms with Crippen LogP contribution >= 0.6 is 0 Å². The van der Waals surface area contributed by atoms with Crippen molar-refractivity contribution in [2.75, 3.05) is 20.2 Å². The molecule has 1 N–H and O–H groups in total. The summed E-state index contributed by atoms with van der Waals surface area (Å²) in [5.41, 5.74) is 0. The Morgan fingerprint density at radius 3 is 2.31 bits per heavy atom. The van der Waals surface area contributed by atoms with Gasteiger partial charge in [-0.05, 0) is 12.8 Å². The van der Waals surface area contributed by atoms with Gasteiger partial charge >= 0.3 is 0 Å². The first kappa shape index (κ1) is 10.5. The Hall–Kier alpha value is -0.570. The molecule has 1 aliphatic rings. The van der Waals surface area contributed by atoms with Crippen molar-refractivity contribution in [1.29, 1.82) is 5.41 Å². The molecular weight excluding hydrogens is 164 g/mol. The first-order valence-corrected chi connectivity index (χ1v) is 5.01. The second-order valence-corrected chi connectivity index (χ2v) is 3.96. The Balaban J connectivity index is 2.36. The van der Waals surface area contributed by atoms with Crippen molar-refractivity contribution in [3.05, 3.63) is 0 Å². The molecule has 0 saturated carbocycles. The molecule has 76 valence electrons. The van der Waals surface area contributed by atoms with E-state index in [1.165, 1.54) is 0 Å². The summed E-state index contributed by atoms with van der Waals surface area (Å²) in [4.78, 5) is 2.17. The summed E-state index contributed by atoms with van der Waals surface area (Å²) in [5, 5.41) is 7.85. The predicted molar refractivity (Wildman–Crippen MR) is 54.2 cm³/mol. The van der Waals surface area contributed by atoms with Crippen LogP contribution in [-0.4, -0.2) is 37.0 Å². The summed E-state index contributed by atoms with van der Waals surface area (Å²) in [6, 6.07) is 0. The van der Waals surface area contributed by atoms with E-state index in [-0.39, 0.29) is 0 Å². The Bertz CT molecular complexity index is 172. The number of likely N-dealkylation sites (tertiary alicyclic amines) is 1. The molecule has 0 aromatic carbocycles. The van der Waals surface area contributed by atoms with Crippen molar-refractivity contribution in [2.24, 2.45) is 5.92 Å². The van der Waals surface area contributed by atoms with Crippen molar-refractivity contribution < 1.29 is 4.74 Å². The van der Waals surface area contributed by atoms with Gasteiger partial charge in [-0.3, -0.25) is 5.41 Å². The van der Waals surface area contributed by atoms with E-state index in [1.807, 2.05) is 0 Å². The van der Waals surface area contributed by atoms with Crippen LogP contribution < -0.4 is 0 Å². The molecule has 0 spiro atoms. The molecular formula is C10H20N2O. The van der Waals surface area contributed by atoms with Crippen molar-refractivity contribution in [3.63, 3.8) is 0 Å². The summed E-state index contributed by atoms with van der Waals surface area (Å²) >= 11 is 0. The van der Waals surface area contributed by atoms with Gasteiger partial charge in [-0.1, -0.05) is 13.8 Å². The maximum Gasteiger partial charge on any atom is 0.0983 e. The molecule has 0 radical (unpaired) electrons. The molecule has 0 aromatic heterocycles. The maximum absolute atomic E-state index is 7.85. The van der Waals surface area contributed by atoms with Gasteiger partial charge < -0.3 is 9.64 Å². The number of rotatable bonds is 2. The fourth-order valence-corrected chi connectivity index (χ4v) is 1.70. The molecule has 0 aliphatic carbocycles. The van der Waals surface area contributed by atoms with E-state index in [0.29, 0.717) is 12.0 Å². The summed E-state index contributed by atoms with van der Waals surface area (Å²) in [5.74, 6) is 1.12. The zero-order chi connectivity index (χ0) is 9.84. The second-order valence-electron chi connectivity index (χ2n) is 3.96. The van der Waals surface area contributed by atoms with Crippen LogP contribution in [0.15, 0.2) is 0 Å². The van der Waals surface area contributed by atoms with Crippen LogP contribution in [0.3, 0.4) is 0 Å². The minimum Gasteiger partial charge on any atom is -0.381 e. The third-order valence-corrected chi connectivity index (χ3v) is 2.66. The molecule has 1 heterocycles. The van der Waals surface area contributed by atoms with E-state index >= 15 is 0 Å². The van der Waals surface area contributed by atoms with Crippen molar-refractivity contribution in [3.8, 4) is 0 Å². The first-order chi connectivity index (χ1) is 6.15. The van der Waals surface area contributed by atoms with Gasteiger partial charge in [-0.25, -0.2) is 0 Å². The Morgan fingerprint density at radius 1 is 1.38 bits per heavy atom. The SMILES string of the molecule is COC1CCN(C(=N)C(C)C)CC1. The molecule has 0 bridgehead atoms. The predicted octanol–water partition coefficient (Wildman–Crippen LogP) is 1.73. The number of ether oxygens (including phenoxy) is 1. The van der Waals surface area contributed by atoms with Crippen molar-refractivity contribution in [1.82, 2.24) is 4.90 Å². The number of methoxy groups -OCH3 is 1. The van der Waals surface area contributed by atoms with Crippen molar-refractivity contribution in [2.45, 2.75) is 32.8 Å². The summed E-state index contributed by atoms with van der Waals surface area (Å²) in [6.45, 7) is 6.11. The highest BCUT2D eigenvalue weighted by molar-refractivity contribution is 5.81. The summed E-state index contributed by atoms with van der Waals surface area (Å²) in [6.07, 6.45) is 2.54. The summed E-state index contributed by atoms with van der Waals surface area (Å²) in [7, 11) is 1.77. The molecule has 1 fully saturated rings. The smallest absolute Gasteiger partial charge is 0.0983 e. The van der Waals surface area contributed by atoms with Gasteiger partial charge in [0.05, 0.1) is 11.9 Å². The van der Waals surface area contributed by atoms with Crippen LogP contribution in [0.2, 0.25) is 0 Å². The molecule has 0 amide bonds. The average Bonchev–Trinajstić information content (AvgIpc) is 2.17. The van der Waals surface area contributed by atoms with E-state index in [2.05, 4.69) is 18.7 Å². The fraction of sp³-hybridized carbons (Fsp3) is 0.900. The normalized spacial score (nSPS) is 19.5. The molecule has 3 heteroatoms. The molecule has 0 unspecified atom stereocenters. The summed E-state index contributed by atoms with van der Waals surface area (Å²) < 4.78 is 5.28. The highest BCUT2D eigenvalue weighted by Crippen LogP contribution is 2.14. The lowest BCUT2D eigenvalue weighted by Crippen LogP contribution is -2.42. The van der Waals surface area contributed by atoms with Crippen LogP contribution in [-0.2, 0) is 4.74 Å². The topological polar surface area (TPSA) is 36.3 Å². The first-order valence-electron chi connectivity index (χ1n) is 5.01. The van der Waals surface area contributed by atoms with Crippen LogP contribution in [0.25, 0.3) is 0 Å². The van der Waals surface area contributed by atoms with Crippen LogP contribution in [0.4, 0.5) is 0 Å². The maximum atomic E-state index is 7.85. The van der Waals surface area contributed by atoms with E-state index in [1.54, 1.807) is 7.11 Å². The van der Waals surface area contributed by atoms with Crippen LogP contribution in [0.5, 0.6) is 0 Å². The number of hydrogen-bond donors (Lipinski definition) is 1. The minimum absolute atomic E-state index is 0.346. The van der Waals surface area contributed by atoms with Gasteiger partial charge in [0.15, 0.2) is 0 Å². The van der Waals surface area contributed by atoms with Gasteiger partial charge in [0, 0.05) is 26.1 Å². The lowest BCUT2D eigenvalue weighted by molar-refractivity contribution is 0.0568. The van der Waals surface area contributed by atoms with E-state index in [9.17, 15) is 0 Å². The van der Waals surface area contributed by atoms with Gasteiger partial charge in [-0.2, -0.15) is 0 Å². The lowest BCUT2D eigenvalue weighted by Gasteiger charge is -2.34. The third kappa shape index (κ3) is 2.69. The number of hydrogen-bond acceptors (Lipinski definition) is 2. The lowest BCUT2D eigenvalue weighted by atomic mass is 10.1. The zero-order valence-corrected chi connectivity index (χ0v) is 8.84. The zero-order valence-electron chi connectivity index (χ0n) is 8.84. The third-order valence-electron chi connectivity index (χ3n) is 2.66. The molecule has 1 saturated heterocycles. The molecule has 1 rings (SSSR count). The van der Waals surface area contributed by atoms with E-state index in [4.69, 9.17) is 10.1 Å². The standard InChI is InChI=1S/C10H20N2O/c1-8(2)10(11)12-6-4-9(13-3)5-7-12/h8-9,11H,4-7H2,1-3H3. The van der Waals surface area contributed by atoms with E-state index in [0.717, 1.165) is 31.8 Å². The van der Waals surface area contributed by atoms with Crippen LogP contribution in [0, 0.1) is 11.3 Å². The van der Waals surface area contributed by atoms with Gasteiger partial charge in [0.1, 0.15) is 0 Å². The molecule has 3 nitrogen and oxygen atoms in total. The van der Waals surface area contributed by atoms with E-state index < -0.39 is 0 Å². The minimum atomic E-state index is 0.346. The Kier molecular flexibility index (Phi) is 3.72. The molecule has 1 aliphatic heterocycles. The van der Waals surface area contributed by atoms with Gasteiger partial charge in [0.2, 0.25) is 0 Å². The highest BCUT2D eigenvalue weighted by Gasteiger charge is 2.21. The molecule has 0 atom stereocenters. The van der Waals surface area contributed by atoms with Gasteiger partial charge in [0.25, 0.3) is 0 Å². The molecule has 0 aromatic rings. The monoisotopic (exact) mass is 184 g/mol. The highest BCUT2D eigenvalue weighted by atomic mass is 16.5. The fourth-order valence-electron chi connectivity index (χ4n) is 1.70. The number of nitrogens with one attached hydrogen (secondary N) is 1. The number of amidine groups is 1. The molecule has 13 heavy (non-hydrogen) atoms.